The third-order valence-electron chi connectivity index (χ3n) is 4.12. The van der Waals surface area contributed by atoms with E-state index in [-0.39, 0.29) is 17.4 Å². The van der Waals surface area contributed by atoms with Gasteiger partial charge in [0.1, 0.15) is 10.5 Å². The number of sulfonamides is 1. The number of carbonyl (C=O) groups is 1. The van der Waals surface area contributed by atoms with E-state index in [9.17, 15) is 13.2 Å². The monoisotopic (exact) mass is 363 g/mol. The number of benzene rings is 1. The molecule has 8 heteroatoms. The molecule has 1 fully saturated rings. The van der Waals surface area contributed by atoms with Crippen LogP contribution < -0.4 is 0 Å². The third kappa shape index (κ3) is 3.19. The number of hydrogen-bond acceptors (Lipinski definition) is 5. The van der Waals surface area contributed by atoms with Crippen molar-refractivity contribution < 1.29 is 17.9 Å². The molecule has 134 valence electrons. The Morgan fingerprint density at radius 2 is 2.00 bits per heavy atom. The largest absolute Gasteiger partial charge is 0.462 e. The van der Waals surface area contributed by atoms with E-state index in [1.54, 1.807) is 35.9 Å². The van der Waals surface area contributed by atoms with Crippen molar-refractivity contribution in [3.05, 3.63) is 41.7 Å². The van der Waals surface area contributed by atoms with Gasteiger partial charge in [-0.1, -0.05) is 12.1 Å². The normalized spacial score (nSPS) is 14.7. The van der Waals surface area contributed by atoms with Gasteiger partial charge >= 0.3 is 5.97 Å². The van der Waals surface area contributed by atoms with E-state index in [0.717, 1.165) is 18.5 Å². The van der Waals surface area contributed by atoms with Crippen LogP contribution in [0.5, 0.6) is 0 Å². The first kappa shape index (κ1) is 17.6. The van der Waals surface area contributed by atoms with Gasteiger partial charge in [-0.05, 0) is 31.9 Å². The van der Waals surface area contributed by atoms with Crippen molar-refractivity contribution in [2.75, 3.05) is 20.7 Å². The molecule has 0 saturated heterocycles. The molecule has 1 aromatic carbocycles. The average Bonchev–Trinajstić information content (AvgIpc) is 3.33. The van der Waals surface area contributed by atoms with E-state index in [1.807, 2.05) is 0 Å². The lowest BCUT2D eigenvalue weighted by atomic mass is 10.1. The molecule has 2 aromatic rings. The molecule has 1 heterocycles. The van der Waals surface area contributed by atoms with Gasteiger partial charge in [0.2, 0.25) is 10.0 Å². The van der Waals surface area contributed by atoms with E-state index in [2.05, 4.69) is 5.10 Å². The van der Waals surface area contributed by atoms with Crippen molar-refractivity contribution in [1.82, 2.24) is 14.1 Å². The molecule has 0 N–H and O–H groups in total. The lowest BCUT2D eigenvalue weighted by molar-refractivity contribution is 0.0525. The molecule has 1 aliphatic rings. The van der Waals surface area contributed by atoms with Gasteiger partial charge in [0.15, 0.2) is 0 Å². The Balaban J connectivity index is 2.18. The molecule has 0 atom stereocenters. The summed E-state index contributed by atoms with van der Waals surface area (Å²) < 4.78 is 33.2. The molecule has 1 aromatic heterocycles. The highest BCUT2D eigenvalue weighted by molar-refractivity contribution is 7.89. The molecule has 25 heavy (non-hydrogen) atoms. The smallest absolute Gasteiger partial charge is 0.341 e. The standard InChI is InChI=1S/C17H21N3O4S/c1-4-24-17(21)13-11-18-20(16(13)12-9-10-12)14-7-5-6-8-15(14)25(22,23)19(2)3/h5-8,11-12H,4,9-10H2,1-3H3. The van der Waals surface area contributed by atoms with Crippen molar-refractivity contribution in [2.24, 2.45) is 0 Å². The minimum atomic E-state index is -3.64. The zero-order valence-electron chi connectivity index (χ0n) is 14.5. The van der Waals surface area contributed by atoms with E-state index in [1.165, 1.54) is 24.6 Å². The van der Waals surface area contributed by atoms with Crippen LogP contribution in [0.15, 0.2) is 35.4 Å². The number of para-hydroxylation sites is 1. The molecule has 0 amide bonds. The number of rotatable bonds is 6. The first-order valence-electron chi connectivity index (χ1n) is 8.15. The quantitative estimate of drug-likeness (QED) is 0.735. The summed E-state index contributed by atoms with van der Waals surface area (Å²) in [7, 11) is -0.668. The van der Waals surface area contributed by atoms with Gasteiger partial charge in [0.05, 0.1) is 24.2 Å². The molecule has 0 spiro atoms. The number of esters is 1. The minimum Gasteiger partial charge on any atom is -0.462 e. The lowest BCUT2D eigenvalue weighted by Crippen LogP contribution is -2.24. The molecular weight excluding hydrogens is 342 g/mol. The van der Waals surface area contributed by atoms with Gasteiger partial charge in [0, 0.05) is 20.0 Å². The maximum Gasteiger partial charge on any atom is 0.341 e. The number of nitrogens with zero attached hydrogens (tertiary/aromatic N) is 3. The maximum atomic E-state index is 12.7. The highest BCUT2D eigenvalue weighted by Gasteiger charge is 2.34. The van der Waals surface area contributed by atoms with Crippen LogP contribution in [0.4, 0.5) is 0 Å². The zero-order valence-corrected chi connectivity index (χ0v) is 15.3. The Kier molecular flexibility index (Phi) is 4.66. The molecule has 0 bridgehead atoms. The number of aromatic nitrogens is 2. The third-order valence-corrected chi connectivity index (χ3v) is 5.98. The predicted octanol–water partition coefficient (Wildman–Crippen LogP) is 2.18. The first-order chi connectivity index (χ1) is 11.9. The van der Waals surface area contributed by atoms with Crippen LogP contribution >= 0.6 is 0 Å². The Labute approximate surface area is 147 Å². The summed E-state index contributed by atoms with van der Waals surface area (Å²) in [4.78, 5) is 12.4. The number of carbonyl (C=O) groups excluding carboxylic acids is 1. The summed E-state index contributed by atoms with van der Waals surface area (Å²) in [5, 5.41) is 4.32. The highest BCUT2D eigenvalue weighted by atomic mass is 32.2. The van der Waals surface area contributed by atoms with Crippen molar-refractivity contribution in [2.45, 2.75) is 30.6 Å². The summed E-state index contributed by atoms with van der Waals surface area (Å²) in [6, 6.07) is 6.68. The summed E-state index contributed by atoms with van der Waals surface area (Å²) in [5.41, 5.74) is 1.56. The average molecular weight is 363 g/mol. The van der Waals surface area contributed by atoms with Crippen LogP contribution in [-0.4, -0.2) is 49.2 Å². The molecule has 1 saturated carbocycles. The van der Waals surface area contributed by atoms with Crippen molar-refractivity contribution in [3.63, 3.8) is 0 Å². The van der Waals surface area contributed by atoms with Crippen molar-refractivity contribution in [3.8, 4) is 5.69 Å². The van der Waals surface area contributed by atoms with E-state index in [4.69, 9.17) is 4.74 Å². The Morgan fingerprint density at radius 3 is 2.60 bits per heavy atom. The van der Waals surface area contributed by atoms with Crippen LogP contribution in [0.25, 0.3) is 5.69 Å². The van der Waals surface area contributed by atoms with Crippen molar-refractivity contribution >= 4 is 16.0 Å². The molecule has 0 aliphatic heterocycles. The van der Waals surface area contributed by atoms with E-state index < -0.39 is 16.0 Å². The Bertz CT molecular complexity index is 898. The summed E-state index contributed by atoms with van der Waals surface area (Å²) in [6.07, 6.45) is 3.35. The Morgan fingerprint density at radius 1 is 1.32 bits per heavy atom. The molecule has 1 aliphatic carbocycles. The molecule has 0 unspecified atom stereocenters. The van der Waals surface area contributed by atoms with Gasteiger partial charge in [-0.3, -0.25) is 0 Å². The number of hydrogen-bond donors (Lipinski definition) is 0. The predicted molar refractivity (Wildman–Crippen MR) is 92.4 cm³/mol. The second-order valence-electron chi connectivity index (χ2n) is 6.11. The summed E-state index contributed by atoms with van der Waals surface area (Å²) >= 11 is 0. The van der Waals surface area contributed by atoms with Crippen LogP contribution in [0.3, 0.4) is 0 Å². The van der Waals surface area contributed by atoms with E-state index in [0.29, 0.717) is 11.3 Å². The molecule has 0 radical (unpaired) electrons. The van der Waals surface area contributed by atoms with Crippen LogP contribution in [0.2, 0.25) is 0 Å². The molecule has 7 nitrogen and oxygen atoms in total. The fourth-order valence-corrected chi connectivity index (χ4v) is 3.78. The zero-order chi connectivity index (χ0) is 18.2. The van der Waals surface area contributed by atoms with Gasteiger partial charge < -0.3 is 4.74 Å². The second kappa shape index (κ2) is 6.61. The van der Waals surface area contributed by atoms with Gasteiger partial charge in [-0.25, -0.2) is 22.2 Å². The van der Waals surface area contributed by atoms with Gasteiger partial charge in [-0.15, -0.1) is 0 Å². The van der Waals surface area contributed by atoms with Gasteiger partial charge in [-0.2, -0.15) is 5.10 Å². The molecular formula is C17H21N3O4S. The second-order valence-corrected chi connectivity index (χ2v) is 8.23. The highest BCUT2D eigenvalue weighted by Crippen LogP contribution is 2.43. The minimum absolute atomic E-state index is 0.153. The topological polar surface area (TPSA) is 81.5 Å². The summed E-state index contributed by atoms with van der Waals surface area (Å²) in [6.45, 7) is 2.03. The SMILES string of the molecule is CCOC(=O)c1cnn(-c2ccccc2S(=O)(=O)N(C)C)c1C1CC1. The van der Waals surface area contributed by atoms with Gasteiger partial charge in [0.25, 0.3) is 0 Å². The van der Waals surface area contributed by atoms with Crippen molar-refractivity contribution in [1.29, 1.82) is 0 Å². The Hall–Kier alpha value is -2.19. The van der Waals surface area contributed by atoms with E-state index >= 15 is 0 Å². The maximum absolute atomic E-state index is 12.7. The lowest BCUT2D eigenvalue weighted by Gasteiger charge is -2.16. The fourth-order valence-electron chi connectivity index (χ4n) is 2.71. The first-order valence-corrected chi connectivity index (χ1v) is 9.59. The number of ether oxygens (including phenoxy) is 1. The van der Waals surface area contributed by atoms with Crippen LogP contribution in [0, 0.1) is 0 Å². The summed E-state index contributed by atoms with van der Waals surface area (Å²) in [5.74, 6) is -0.236. The van der Waals surface area contributed by atoms with Crippen LogP contribution in [-0.2, 0) is 14.8 Å². The fraction of sp³-hybridized carbons (Fsp3) is 0.412. The van der Waals surface area contributed by atoms with Crippen LogP contribution in [0.1, 0.15) is 41.7 Å². The molecule has 3 rings (SSSR count).